The lowest BCUT2D eigenvalue weighted by Gasteiger charge is -2.13. The van der Waals surface area contributed by atoms with Crippen LogP contribution >= 0.6 is 0 Å². The molecule has 0 saturated heterocycles. The van der Waals surface area contributed by atoms with Crippen LogP contribution in [0.2, 0.25) is 0 Å². The SMILES string of the molecule is FC(F)(F)c1cc2ccc3nc2c3c1. The first kappa shape index (κ1) is 7.79. The molecule has 0 radical (unpaired) electrons. The number of nitrogens with zero attached hydrogens (tertiary/aromatic N) is 1. The molecule has 4 heteroatoms. The van der Waals surface area contributed by atoms with Gasteiger partial charge in [-0.15, -0.1) is 0 Å². The van der Waals surface area contributed by atoms with Gasteiger partial charge in [-0.3, -0.25) is 0 Å². The molecule has 0 N–H and O–H groups in total. The summed E-state index contributed by atoms with van der Waals surface area (Å²) in [6.07, 6.45) is -4.27. The monoisotopic (exact) mass is 195 g/mol. The van der Waals surface area contributed by atoms with Crippen molar-refractivity contribution in [1.29, 1.82) is 0 Å². The summed E-state index contributed by atoms with van der Waals surface area (Å²) >= 11 is 0. The van der Waals surface area contributed by atoms with Crippen LogP contribution < -0.4 is 0 Å². The molecule has 0 aliphatic heterocycles. The second kappa shape index (κ2) is 2.08. The summed E-state index contributed by atoms with van der Waals surface area (Å²) in [6.45, 7) is 0. The van der Waals surface area contributed by atoms with Gasteiger partial charge in [-0.2, -0.15) is 13.2 Å². The average molecular weight is 195 g/mol. The Kier molecular flexibility index (Phi) is 1.16. The second-order valence-corrected chi connectivity index (χ2v) is 3.29. The molecule has 70 valence electrons. The van der Waals surface area contributed by atoms with Crippen molar-refractivity contribution in [2.45, 2.75) is 6.18 Å². The van der Waals surface area contributed by atoms with E-state index < -0.39 is 11.7 Å². The Labute approximate surface area is 76.8 Å². The van der Waals surface area contributed by atoms with Gasteiger partial charge in [0.1, 0.15) is 0 Å². The van der Waals surface area contributed by atoms with Crippen LogP contribution in [0.25, 0.3) is 21.8 Å². The van der Waals surface area contributed by atoms with Gasteiger partial charge in [0.2, 0.25) is 0 Å². The molecule has 0 amide bonds. The molecule has 0 atom stereocenters. The number of alkyl halides is 3. The van der Waals surface area contributed by atoms with Crippen LogP contribution in [-0.4, -0.2) is 4.98 Å². The number of benzene rings is 2. The van der Waals surface area contributed by atoms with Gasteiger partial charge < -0.3 is 0 Å². The van der Waals surface area contributed by atoms with Gasteiger partial charge in [-0.05, 0) is 18.2 Å². The van der Waals surface area contributed by atoms with Gasteiger partial charge >= 0.3 is 6.18 Å². The Morgan fingerprint density at radius 2 is 1.86 bits per heavy atom. The lowest BCUT2D eigenvalue weighted by atomic mass is 10.0. The third-order valence-electron chi connectivity index (χ3n) is 2.40. The predicted molar refractivity (Wildman–Crippen MR) is 46.6 cm³/mol. The molecule has 4 bridgehead atoms. The molecule has 0 unspecified atom stereocenters. The van der Waals surface area contributed by atoms with Crippen molar-refractivity contribution < 1.29 is 13.2 Å². The zero-order valence-electron chi connectivity index (χ0n) is 6.89. The minimum absolute atomic E-state index is 0.560. The summed E-state index contributed by atoms with van der Waals surface area (Å²) in [5.74, 6) is 0. The number of pyridine rings is 1. The normalized spacial score (nSPS) is 13.4. The van der Waals surface area contributed by atoms with Crippen LogP contribution in [0, 0.1) is 0 Å². The first-order valence-electron chi connectivity index (χ1n) is 4.08. The summed E-state index contributed by atoms with van der Waals surface area (Å²) in [5.41, 5.74) is 0.747. The Hall–Kier alpha value is -1.58. The van der Waals surface area contributed by atoms with Crippen LogP contribution in [0.5, 0.6) is 0 Å². The van der Waals surface area contributed by atoms with Crippen LogP contribution in [0.3, 0.4) is 0 Å². The fourth-order valence-electron chi connectivity index (χ4n) is 1.69. The molecular formula is C10H4F3N. The van der Waals surface area contributed by atoms with E-state index in [4.69, 9.17) is 0 Å². The Bertz CT molecular complexity index is 561. The van der Waals surface area contributed by atoms with E-state index in [1.807, 2.05) is 0 Å². The lowest BCUT2D eigenvalue weighted by molar-refractivity contribution is -0.137. The van der Waals surface area contributed by atoms with E-state index in [2.05, 4.69) is 4.98 Å². The maximum Gasteiger partial charge on any atom is 0.416 e. The van der Waals surface area contributed by atoms with Gasteiger partial charge in [0.05, 0.1) is 16.6 Å². The van der Waals surface area contributed by atoms with Crippen LogP contribution in [-0.2, 0) is 6.18 Å². The lowest BCUT2D eigenvalue weighted by Crippen LogP contribution is -2.06. The Morgan fingerprint density at radius 1 is 1.07 bits per heavy atom. The molecule has 0 aliphatic carbocycles. The van der Waals surface area contributed by atoms with Crippen molar-refractivity contribution in [1.82, 2.24) is 4.98 Å². The van der Waals surface area contributed by atoms with E-state index >= 15 is 0 Å². The van der Waals surface area contributed by atoms with E-state index in [1.54, 1.807) is 12.1 Å². The summed E-state index contributed by atoms with van der Waals surface area (Å²) in [7, 11) is 0. The number of hydrogen-bond donors (Lipinski definition) is 0. The fourth-order valence-corrected chi connectivity index (χ4v) is 1.69. The van der Waals surface area contributed by atoms with Crippen LogP contribution in [0.1, 0.15) is 5.56 Å². The average Bonchev–Trinajstić information content (AvgIpc) is 2.08. The van der Waals surface area contributed by atoms with Gasteiger partial charge in [-0.25, -0.2) is 4.98 Å². The zero-order valence-corrected chi connectivity index (χ0v) is 6.89. The van der Waals surface area contributed by atoms with Crippen molar-refractivity contribution in [2.75, 3.05) is 0 Å². The fraction of sp³-hybridized carbons (Fsp3) is 0.100. The molecule has 4 aromatic rings. The third kappa shape index (κ3) is 0.828. The van der Waals surface area contributed by atoms with Crippen molar-refractivity contribution in [3.8, 4) is 0 Å². The molecule has 2 aromatic heterocycles. The molecule has 2 aromatic carbocycles. The maximum atomic E-state index is 12.4. The van der Waals surface area contributed by atoms with Gasteiger partial charge in [0, 0.05) is 10.8 Å². The molecule has 0 saturated carbocycles. The summed E-state index contributed by atoms with van der Waals surface area (Å²) < 4.78 is 37.2. The first-order valence-corrected chi connectivity index (χ1v) is 4.08. The van der Waals surface area contributed by atoms with Gasteiger partial charge in [0.15, 0.2) is 0 Å². The highest BCUT2D eigenvalue weighted by atomic mass is 19.4. The Balaban J connectivity index is 2.37. The smallest absolute Gasteiger partial charge is 0.247 e. The summed E-state index contributed by atoms with van der Waals surface area (Å²) in [4.78, 5) is 4.06. The van der Waals surface area contributed by atoms with E-state index in [9.17, 15) is 13.2 Å². The predicted octanol–water partition coefficient (Wildman–Crippen LogP) is 3.28. The van der Waals surface area contributed by atoms with E-state index in [1.165, 1.54) is 0 Å². The molecular weight excluding hydrogens is 191 g/mol. The summed E-state index contributed by atoms with van der Waals surface area (Å²) in [5, 5.41) is 1.18. The molecule has 2 heterocycles. The highest BCUT2D eigenvalue weighted by molar-refractivity contribution is 6.10. The molecule has 0 aliphatic rings. The minimum atomic E-state index is -4.27. The second-order valence-electron chi connectivity index (χ2n) is 3.29. The number of hydrogen-bond acceptors (Lipinski definition) is 1. The van der Waals surface area contributed by atoms with Crippen molar-refractivity contribution in [2.24, 2.45) is 0 Å². The molecule has 0 spiro atoms. The Morgan fingerprint density at radius 3 is 2.43 bits per heavy atom. The summed E-state index contributed by atoms with van der Waals surface area (Å²) in [6, 6.07) is 5.69. The number of rotatable bonds is 0. The maximum absolute atomic E-state index is 12.4. The number of aromatic nitrogens is 1. The number of fused-ring (bicyclic) bond motifs is 1. The molecule has 14 heavy (non-hydrogen) atoms. The van der Waals surface area contributed by atoms with Crippen molar-refractivity contribution >= 4 is 21.8 Å². The van der Waals surface area contributed by atoms with E-state index in [0.29, 0.717) is 21.8 Å². The van der Waals surface area contributed by atoms with Crippen LogP contribution in [0.4, 0.5) is 13.2 Å². The molecule has 4 rings (SSSR count). The van der Waals surface area contributed by atoms with Gasteiger partial charge in [0.25, 0.3) is 0 Å². The van der Waals surface area contributed by atoms with Crippen molar-refractivity contribution in [3.63, 3.8) is 0 Å². The minimum Gasteiger partial charge on any atom is -0.247 e. The third-order valence-corrected chi connectivity index (χ3v) is 2.40. The highest BCUT2D eigenvalue weighted by Gasteiger charge is 2.31. The first-order chi connectivity index (χ1) is 6.55. The quantitative estimate of drug-likeness (QED) is 0.536. The van der Waals surface area contributed by atoms with Crippen LogP contribution in [0.15, 0.2) is 24.3 Å². The van der Waals surface area contributed by atoms with Crippen molar-refractivity contribution in [3.05, 3.63) is 29.8 Å². The molecule has 0 fully saturated rings. The zero-order chi connectivity index (χ0) is 9.92. The topological polar surface area (TPSA) is 12.9 Å². The highest BCUT2D eigenvalue weighted by Crippen LogP contribution is 2.37. The standard InChI is InChI=1S/C10H4F3N/c11-10(12,13)6-3-5-1-2-8-7(4-6)9(5)14-8/h1-4H. The number of halogens is 3. The van der Waals surface area contributed by atoms with Gasteiger partial charge in [-0.1, -0.05) is 6.07 Å². The largest absolute Gasteiger partial charge is 0.416 e. The molecule has 1 nitrogen and oxygen atoms in total. The van der Waals surface area contributed by atoms with E-state index in [-0.39, 0.29) is 0 Å². The van der Waals surface area contributed by atoms with E-state index in [0.717, 1.165) is 12.1 Å².